The molecule has 15 heavy (non-hydrogen) atoms. The van der Waals surface area contributed by atoms with Crippen molar-refractivity contribution < 1.29 is 0 Å². The number of rotatable bonds is 2. The average molecular weight is 222 g/mol. The second kappa shape index (κ2) is 5.44. The van der Waals surface area contributed by atoms with Crippen LogP contribution in [-0.2, 0) is 6.54 Å². The fourth-order valence-corrected chi connectivity index (χ4v) is 1.28. The fourth-order valence-electron chi connectivity index (χ4n) is 1.28. The van der Waals surface area contributed by atoms with Crippen LogP contribution in [0, 0.1) is 0 Å². The van der Waals surface area contributed by atoms with Crippen molar-refractivity contribution >= 4 is 12.4 Å². The first-order chi connectivity index (χ1) is 6.90. The van der Waals surface area contributed by atoms with Crippen molar-refractivity contribution in [2.45, 2.75) is 6.54 Å². The maximum atomic E-state index is 5.51. The summed E-state index contributed by atoms with van der Waals surface area (Å²) in [6.45, 7) is 0.447. The van der Waals surface area contributed by atoms with E-state index >= 15 is 0 Å². The molecule has 0 aliphatic heterocycles. The molecule has 2 N–H and O–H groups in total. The Morgan fingerprint density at radius 1 is 1.07 bits per heavy atom. The predicted octanol–water partition coefficient (Wildman–Crippen LogP) is 2.02. The van der Waals surface area contributed by atoms with Crippen LogP contribution in [0.1, 0.15) is 5.69 Å². The molecule has 0 aliphatic carbocycles. The minimum Gasteiger partial charge on any atom is -0.325 e. The highest BCUT2D eigenvalue weighted by atomic mass is 35.5. The molecule has 1 aromatic carbocycles. The highest BCUT2D eigenvalue weighted by molar-refractivity contribution is 5.85. The Kier molecular flexibility index (Phi) is 4.21. The van der Waals surface area contributed by atoms with E-state index in [1.54, 1.807) is 6.33 Å². The summed E-state index contributed by atoms with van der Waals surface area (Å²) < 4.78 is 0. The van der Waals surface area contributed by atoms with Gasteiger partial charge in [-0.1, -0.05) is 30.3 Å². The van der Waals surface area contributed by atoms with Crippen LogP contribution in [0.15, 0.2) is 42.7 Å². The summed E-state index contributed by atoms with van der Waals surface area (Å²) >= 11 is 0. The zero-order valence-electron chi connectivity index (χ0n) is 8.13. The normalized spacial score (nSPS) is 9.40. The van der Waals surface area contributed by atoms with Gasteiger partial charge in [-0.15, -0.1) is 12.4 Å². The van der Waals surface area contributed by atoms with Gasteiger partial charge in [0.2, 0.25) is 0 Å². The summed E-state index contributed by atoms with van der Waals surface area (Å²) in [5.74, 6) is 0. The molecule has 4 heteroatoms. The lowest BCUT2D eigenvalue weighted by Crippen LogP contribution is -2.00. The van der Waals surface area contributed by atoms with Crippen molar-refractivity contribution in [3.05, 3.63) is 48.4 Å². The number of halogens is 1. The minimum absolute atomic E-state index is 0. The van der Waals surface area contributed by atoms with Gasteiger partial charge in [0.05, 0.1) is 11.4 Å². The molecule has 1 heterocycles. The second-order valence-corrected chi connectivity index (χ2v) is 2.96. The Hall–Kier alpha value is -1.45. The van der Waals surface area contributed by atoms with E-state index in [2.05, 4.69) is 9.97 Å². The Morgan fingerprint density at radius 3 is 2.47 bits per heavy atom. The van der Waals surface area contributed by atoms with E-state index < -0.39 is 0 Å². The van der Waals surface area contributed by atoms with E-state index in [1.807, 2.05) is 36.4 Å². The molecule has 3 nitrogen and oxygen atoms in total. The SMILES string of the molecule is Cl.NCc1cc(-c2ccccc2)ncn1. The van der Waals surface area contributed by atoms with Crippen LogP contribution in [-0.4, -0.2) is 9.97 Å². The first-order valence-corrected chi connectivity index (χ1v) is 4.46. The highest BCUT2D eigenvalue weighted by Gasteiger charge is 1.99. The molecular formula is C11H12ClN3. The third-order valence-electron chi connectivity index (χ3n) is 2.00. The number of benzene rings is 1. The monoisotopic (exact) mass is 221 g/mol. The number of nitrogens with two attached hydrogens (primary N) is 1. The van der Waals surface area contributed by atoms with Crippen LogP contribution >= 0.6 is 12.4 Å². The van der Waals surface area contributed by atoms with Crippen LogP contribution in [0.4, 0.5) is 0 Å². The second-order valence-electron chi connectivity index (χ2n) is 2.96. The van der Waals surface area contributed by atoms with E-state index in [-0.39, 0.29) is 12.4 Å². The highest BCUT2D eigenvalue weighted by Crippen LogP contribution is 2.15. The third-order valence-corrected chi connectivity index (χ3v) is 2.00. The average Bonchev–Trinajstić information content (AvgIpc) is 2.30. The Labute approximate surface area is 94.8 Å². The summed E-state index contributed by atoms with van der Waals surface area (Å²) in [4.78, 5) is 8.24. The van der Waals surface area contributed by atoms with Crippen LogP contribution in [0.3, 0.4) is 0 Å². The van der Waals surface area contributed by atoms with Gasteiger partial charge >= 0.3 is 0 Å². The van der Waals surface area contributed by atoms with Crippen LogP contribution < -0.4 is 5.73 Å². The smallest absolute Gasteiger partial charge is 0.116 e. The molecular weight excluding hydrogens is 210 g/mol. The van der Waals surface area contributed by atoms with Crippen molar-refractivity contribution in [2.24, 2.45) is 5.73 Å². The lowest BCUT2D eigenvalue weighted by molar-refractivity contribution is 0.966. The largest absolute Gasteiger partial charge is 0.325 e. The van der Waals surface area contributed by atoms with Gasteiger partial charge in [-0.2, -0.15) is 0 Å². The van der Waals surface area contributed by atoms with Crippen molar-refractivity contribution in [2.75, 3.05) is 0 Å². The van der Waals surface area contributed by atoms with Gasteiger partial charge in [0.25, 0.3) is 0 Å². The van der Waals surface area contributed by atoms with E-state index in [0.717, 1.165) is 17.0 Å². The van der Waals surface area contributed by atoms with Gasteiger partial charge in [-0.3, -0.25) is 0 Å². The number of nitrogens with zero attached hydrogens (tertiary/aromatic N) is 2. The van der Waals surface area contributed by atoms with Gasteiger partial charge in [-0.05, 0) is 6.07 Å². The van der Waals surface area contributed by atoms with Crippen LogP contribution in [0.5, 0.6) is 0 Å². The summed E-state index contributed by atoms with van der Waals surface area (Å²) in [6, 6.07) is 11.9. The molecule has 0 saturated heterocycles. The lowest BCUT2D eigenvalue weighted by Gasteiger charge is -2.01. The van der Waals surface area contributed by atoms with E-state index in [4.69, 9.17) is 5.73 Å². The van der Waals surface area contributed by atoms with E-state index in [9.17, 15) is 0 Å². The molecule has 0 saturated carbocycles. The van der Waals surface area contributed by atoms with Crippen LogP contribution in [0.2, 0.25) is 0 Å². The first-order valence-electron chi connectivity index (χ1n) is 4.46. The van der Waals surface area contributed by atoms with Crippen LogP contribution in [0.25, 0.3) is 11.3 Å². The molecule has 1 aromatic heterocycles. The summed E-state index contributed by atoms with van der Waals surface area (Å²) in [5, 5.41) is 0. The Balaban J connectivity index is 0.00000112. The zero-order chi connectivity index (χ0) is 9.80. The van der Waals surface area contributed by atoms with Crippen molar-refractivity contribution in [1.29, 1.82) is 0 Å². The molecule has 78 valence electrons. The van der Waals surface area contributed by atoms with Gasteiger partial charge in [0.1, 0.15) is 6.33 Å². The maximum Gasteiger partial charge on any atom is 0.116 e. The van der Waals surface area contributed by atoms with E-state index in [0.29, 0.717) is 6.54 Å². The van der Waals surface area contributed by atoms with Crippen molar-refractivity contribution in [3.8, 4) is 11.3 Å². The minimum atomic E-state index is 0. The summed E-state index contributed by atoms with van der Waals surface area (Å²) in [6.07, 6.45) is 1.55. The van der Waals surface area contributed by atoms with Gasteiger partial charge in [-0.25, -0.2) is 9.97 Å². The molecule has 0 spiro atoms. The zero-order valence-corrected chi connectivity index (χ0v) is 8.95. The molecule has 0 radical (unpaired) electrons. The quantitative estimate of drug-likeness (QED) is 0.844. The van der Waals surface area contributed by atoms with Crippen molar-refractivity contribution in [1.82, 2.24) is 9.97 Å². The number of aromatic nitrogens is 2. The third kappa shape index (κ3) is 2.75. The summed E-state index contributed by atoms with van der Waals surface area (Å²) in [5.41, 5.74) is 8.37. The standard InChI is InChI=1S/C11H11N3.ClH/c12-7-10-6-11(14-8-13-10)9-4-2-1-3-5-9;/h1-6,8H,7,12H2;1H. The molecule has 0 bridgehead atoms. The van der Waals surface area contributed by atoms with Gasteiger partial charge in [0, 0.05) is 12.1 Å². The van der Waals surface area contributed by atoms with E-state index in [1.165, 1.54) is 0 Å². The number of hydrogen-bond acceptors (Lipinski definition) is 3. The molecule has 0 fully saturated rings. The Bertz CT molecular complexity index is 417. The summed E-state index contributed by atoms with van der Waals surface area (Å²) in [7, 11) is 0. The molecule has 2 aromatic rings. The molecule has 0 atom stereocenters. The lowest BCUT2D eigenvalue weighted by atomic mass is 10.1. The molecule has 0 unspecified atom stereocenters. The van der Waals surface area contributed by atoms with Gasteiger partial charge in [0.15, 0.2) is 0 Å². The molecule has 2 rings (SSSR count). The van der Waals surface area contributed by atoms with Crippen molar-refractivity contribution in [3.63, 3.8) is 0 Å². The maximum absolute atomic E-state index is 5.51. The molecule has 0 aliphatic rings. The Morgan fingerprint density at radius 2 is 1.80 bits per heavy atom. The first kappa shape index (κ1) is 11.6. The predicted molar refractivity (Wildman–Crippen MR) is 62.6 cm³/mol. The fraction of sp³-hybridized carbons (Fsp3) is 0.0909. The number of hydrogen-bond donors (Lipinski definition) is 1. The molecule has 0 amide bonds. The topological polar surface area (TPSA) is 51.8 Å². The van der Waals surface area contributed by atoms with Gasteiger partial charge < -0.3 is 5.73 Å².